The summed E-state index contributed by atoms with van der Waals surface area (Å²) in [5.41, 5.74) is 1.93. The van der Waals surface area contributed by atoms with E-state index in [2.05, 4.69) is 32.1 Å². The topological polar surface area (TPSA) is 32.3 Å². The van der Waals surface area contributed by atoms with E-state index in [-0.39, 0.29) is 10.9 Å². The average molecular weight is 374 g/mol. The highest BCUT2D eigenvalue weighted by atomic mass is 32.1. The van der Waals surface area contributed by atoms with E-state index in [1.165, 1.54) is 11.1 Å². The van der Waals surface area contributed by atoms with Gasteiger partial charge in [-0.15, -0.1) is 11.3 Å². The van der Waals surface area contributed by atoms with Crippen LogP contribution >= 0.6 is 11.3 Å². The summed E-state index contributed by atoms with van der Waals surface area (Å²) in [5, 5.41) is 3.56. The van der Waals surface area contributed by atoms with Gasteiger partial charge in [0.05, 0.1) is 21.8 Å². The van der Waals surface area contributed by atoms with Crippen molar-refractivity contribution in [2.75, 3.05) is 31.1 Å². The maximum atomic E-state index is 14.3. The van der Waals surface area contributed by atoms with Crippen molar-refractivity contribution in [3.63, 3.8) is 0 Å². The Hall–Kier alpha value is -2.12. The zero-order valence-corrected chi connectivity index (χ0v) is 15.4. The summed E-state index contributed by atoms with van der Waals surface area (Å²) in [7, 11) is 0. The van der Waals surface area contributed by atoms with Gasteiger partial charge in [-0.25, -0.2) is 13.8 Å². The Morgan fingerprint density at radius 3 is 2.58 bits per heavy atom. The maximum Gasteiger partial charge on any atom is 0.149 e. The number of pyridine rings is 1. The van der Waals surface area contributed by atoms with Crippen molar-refractivity contribution >= 4 is 27.9 Å². The first-order valence-electron chi connectivity index (χ1n) is 8.79. The molecular weight excluding hydrogens is 354 g/mol. The lowest BCUT2D eigenvalue weighted by Gasteiger charge is -2.36. The molecule has 3 aromatic rings. The van der Waals surface area contributed by atoms with Crippen molar-refractivity contribution in [3.8, 4) is 0 Å². The smallest absolute Gasteiger partial charge is 0.149 e. The van der Waals surface area contributed by atoms with Gasteiger partial charge in [-0.05, 0) is 24.6 Å². The predicted octanol–water partition coefficient (Wildman–Crippen LogP) is 3.85. The van der Waals surface area contributed by atoms with Gasteiger partial charge in [0.2, 0.25) is 0 Å². The van der Waals surface area contributed by atoms with Gasteiger partial charge in [0, 0.05) is 44.3 Å². The third-order valence-corrected chi connectivity index (χ3v) is 5.81. The van der Waals surface area contributed by atoms with Crippen LogP contribution in [0, 0.1) is 11.6 Å². The number of aromatic nitrogens is 2. The van der Waals surface area contributed by atoms with Crippen LogP contribution in [-0.4, -0.2) is 41.0 Å². The molecule has 1 aliphatic rings. The lowest BCUT2D eigenvalue weighted by Crippen LogP contribution is -2.46. The zero-order valence-electron chi connectivity index (χ0n) is 14.6. The Bertz CT molecular complexity index is 919. The average Bonchev–Trinajstić information content (AvgIpc) is 3.13. The number of fused-ring (bicyclic) bond motifs is 1. The molecule has 0 radical (unpaired) electrons. The molecule has 26 heavy (non-hydrogen) atoms. The van der Waals surface area contributed by atoms with Crippen LogP contribution in [0.25, 0.3) is 10.9 Å². The van der Waals surface area contributed by atoms with Crippen LogP contribution in [0.4, 0.5) is 14.5 Å². The van der Waals surface area contributed by atoms with Crippen LogP contribution in [0.5, 0.6) is 0 Å². The predicted molar refractivity (Wildman–Crippen MR) is 101 cm³/mol. The number of nitrogens with zero attached hydrogens (tertiary/aromatic N) is 4. The number of hydrogen-bond acceptors (Lipinski definition) is 5. The number of benzene rings is 1. The van der Waals surface area contributed by atoms with Crippen LogP contribution in [0.15, 0.2) is 29.8 Å². The van der Waals surface area contributed by atoms with E-state index in [9.17, 15) is 8.78 Å². The van der Waals surface area contributed by atoms with Crippen LogP contribution in [0.1, 0.15) is 17.6 Å². The zero-order chi connectivity index (χ0) is 18.1. The Labute approximate surface area is 155 Å². The molecule has 0 bridgehead atoms. The molecule has 0 saturated carbocycles. The molecule has 0 unspecified atom stereocenters. The highest BCUT2D eigenvalue weighted by molar-refractivity contribution is 7.09. The summed E-state index contributed by atoms with van der Waals surface area (Å²) in [6.07, 6.45) is 2.52. The first-order valence-corrected chi connectivity index (χ1v) is 9.67. The number of rotatable bonds is 4. The second-order valence-corrected chi connectivity index (χ2v) is 7.37. The fourth-order valence-corrected chi connectivity index (χ4v) is 4.14. The van der Waals surface area contributed by atoms with Crippen molar-refractivity contribution in [1.29, 1.82) is 0 Å². The molecular formula is C19H20F2N4S. The molecule has 0 spiro atoms. The van der Waals surface area contributed by atoms with Crippen molar-refractivity contribution in [1.82, 2.24) is 14.9 Å². The molecule has 7 heteroatoms. The summed E-state index contributed by atoms with van der Waals surface area (Å²) in [4.78, 5) is 13.1. The lowest BCUT2D eigenvalue weighted by molar-refractivity contribution is 0.247. The molecule has 1 fully saturated rings. The fourth-order valence-electron chi connectivity index (χ4n) is 3.40. The van der Waals surface area contributed by atoms with Gasteiger partial charge in [0.25, 0.3) is 0 Å². The summed E-state index contributed by atoms with van der Waals surface area (Å²) in [5.74, 6) is -0.918. The summed E-state index contributed by atoms with van der Waals surface area (Å²) < 4.78 is 28.3. The summed E-state index contributed by atoms with van der Waals surface area (Å²) in [6, 6.07) is 4.08. The second-order valence-electron chi connectivity index (χ2n) is 6.43. The van der Waals surface area contributed by atoms with E-state index in [4.69, 9.17) is 0 Å². The van der Waals surface area contributed by atoms with Gasteiger partial charge in [0.1, 0.15) is 17.2 Å². The van der Waals surface area contributed by atoms with E-state index in [1.807, 2.05) is 0 Å². The molecule has 136 valence electrons. The van der Waals surface area contributed by atoms with Crippen LogP contribution in [0.2, 0.25) is 0 Å². The van der Waals surface area contributed by atoms with Crippen molar-refractivity contribution in [2.24, 2.45) is 0 Å². The molecule has 0 amide bonds. The Morgan fingerprint density at radius 2 is 1.85 bits per heavy atom. The highest BCUT2D eigenvalue weighted by Gasteiger charge is 2.21. The third kappa shape index (κ3) is 3.29. The number of anilines is 1. The fraction of sp³-hybridized carbons (Fsp3) is 0.368. The van der Waals surface area contributed by atoms with Gasteiger partial charge in [-0.3, -0.25) is 9.88 Å². The molecule has 1 aromatic carbocycles. The number of halogens is 2. The quantitative estimate of drug-likeness (QED) is 0.694. The minimum absolute atomic E-state index is 0.0968. The van der Waals surface area contributed by atoms with E-state index >= 15 is 0 Å². The minimum atomic E-state index is -0.489. The van der Waals surface area contributed by atoms with Crippen molar-refractivity contribution in [2.45, 2.75) is 19.9 Å². The molecule has 1 aliphatic heterocycles. The van der Waals surface area contributed by atoms with Gasteiger partial charge < -0.3 is 4.90 Å². The van der Waals surface area contributed by atoms with Gasteiger partial charge in [-0.2, -0.15) is 0 Å². The first kappa shape index (κ1) is 17.3. The molecule has 2 aromatic heterocycles. The Balaban J connectivity index is 1.50. The lowest BCUT2D eigenvalue weighted by atomic mass is 10.1. The van der Waals surface area contributed by atoms with Gasteiger partial charge in [-0.1, -0.05) is 6.92 Å². The van der Waals surface area contributed by atoms with Crippen LogP contribution in [-0.2, 0) is 13.0 Å². The van der Waals surface area contributed by atoms with Gasteiger partial charge in [0.15, 0.2) is 0 Å². The molecule has 1 saturated heterocycles. The highest BCUT2D eigenvalue weighted by Crippen LogP contribution is 2.30. The monoisotopic (exact) mass is 374 g/mol. The maximum absolute atomic E-state index is 14.3. The van der Waals surface area contributed by atoms with E-state index in [0.717, 1.165) is 50.9 Å². The molecule has 0 aliphatic carbocycles. The van der Waals surface area contributed by atoms with Crippen LogP contribution in [0.3, 0.4) is 0 Å². The number of thiazole rings is 1. The van der Waals surface area contributed by atoms with E-state index in [0.29, 0.717) is 5.69 Å². The molecule has 4 nitrogen and oxygen atoms in total. The normalized spacial score (nSPS) is 15.7. The first-order chi connectivity index (χ1) is 12.7. The molecule has 3 heterocycles. The molecule has 0 N–H and O–H groups in total. The minimum Gasteiger partial charge on any atom is -0.368 e. The SMILES string of the molecule is CCc1nc(CN2CCN(c3ccnc4c(F)ccc(F)c34)CC2)cs1. The second kappa shape index (κ2) is 7.25. The van der Waals surface area contributed by atoms with E-state index < -0.39 is 11.6 Å². The van der Waals surface area contributed by atoms with Crippen molar-refractivity contribution in [3.05, 3.63) is 52.1 Å². The van der Waals surface area contributed by atoms with Crippen molar-refractivity contribution < 1.29 is 8.78 Å². The van der Waals surface area contributed by atoms with Crippen LogP contribution < -0.4 is 4.90 Å². The number of piperazine rings is 1. The summed E-state index contributed by atoms with van der Waals surface area (Å²) >= 11 is 1.71. The van der Waals surface area contributed by atoms with E-state index in [1.54, 1.807) is 23.6 Å². The standard InChI is InChI=1S/C19H20F2N4S/c1-2-17-23-13(12-26-17)11-24-7-9-25(10-8-24)16-5-6-22-19-15(21)4-3-14(20)18(16)19/h3-6,12H,2,7-11H2,1H3. The largest absolute Gasteiger partial charge is 0.368 e. The van der Waals surface area contributed by atoms with Gasteiger partial charge >= 0.3 is 0 Å². The number of aryl methyl sites for hydroxylation is 1. The number of hydrogen-bond donors (Lipinski definition) is 0. The Morgan fingerprint density at radius 1 is 1.08 bits per heavy atom. The summed E-state index contributed by atoms with van der Waals surface area (Å²) in [6.45, 7) is 6.20. The molecule has 4 rings (SSSR count). The molecule has 0 atom stereocenters. The third-order valence-electron chi connectivity index (χ3n) is 4.77. The Kier molecular flexibility index (Phi) is 4.82.